The van der Waals surface area contributed by atoms with Gasteiger partial charge in [0.1, 0.15) is 24.1 Å². The van der Waals surface area contributed by atoms with E-state index in [0.717, 1.165) is 10.6 Å². The Morgan fingerprint density at radius 3 is 2.24 bits per heavy atom. The zero-order valence-electron chi connectivity index (χ0n) is 22.5. The zero-order chi connectivity index (χ0) is 28.6. The first-order chi connectivity index (χ1) is 17.9. The van der Waals surface area contributed by atoms with Crippen LogP contribution >= 0.6 is 23.2 Å². The fourth-order valence-corrected chi connectivity index (χ4v) is 5.09. The molecule has 38 heavy (non-hydrogen) atoms. The number of rotatable bonds is 13. The number of ether oxygens (including phenoxy) is 2. The summed E-state index contributed by atoms with van der Waals surface area (Å²) in [5.74, 6) is -0.327. The van der Waals surface area contributed by atoms with Gasteiger partial charge in [0.05, 0.1) is 26.2 Å². The molecule has 0 aliphatic heterocycles. The van der Waals surface area contributed by atoms with Crippen LogP contribution in [0.4, 0.5) is 5.69 Å². The summed E-state index contributed by atoms with van der Waals surface area (Å²) in [7, 11) is -1.12. The first kappa shape index (κ1) is 31.5. The number of methoxy groups -OCH3 is 2. The van der Waals surface area contributed by atoms with Crippen LogP contribution in [0.2, 0.25) is 10.0 Å². The molecule has 2 rings (SSSR count). The van der Waals surface area contributed by atoms with E-state index in [4.69, 9.17) is 32.7 Å². The Kier molecular flexibility index (Phi) is 11.5. The predicted molar refractivity (Wildman–Crippen MR) is 151 cm³/mol. The SMILES string of the molecule is CCC(C)NC(=O)C(CC)N(Cc1ccc(Cl)cc1Cl)C(=O)CN(c1cc(OC)ccc1OC)S(C)(=O)=O. The number of hydrogen-bond donors (Lipinski definition) is 1. The average Bonchev–Trinajstić information content (AvgIpc) is 2.86. The average molecular weight is 589 g/mol. The van der Waals surface area contributed by atoms with E-state index in [9.17, 15) is 18.0 Å². The minimum atomic E-state index is -3.96. The molecular weight excluding hydrogens is 553 g/mol. The zero-order valence-corrected chi connectivity index (χ0v) is 24.8. The third-order valence-electron chi connectivity index (χ3n) is 6.08. The van der Waals surface area contributed by atoms with Gasteiger partial charge in [-0.3, -0.25) is 13.9 Å². The number of nitrogens with one attached hydrogen (secondary N) is 1. The molecule has 2 aromatic rings. The molecule has 0 aliphatic carbocycles. The van der Waals surface area contributed by atoms with Crippen molar-refractivity contribution in [1.29, 1.82) is 0 Å². The van der Waals surface area contributed by atoms with E-state index in [-0.39, 0.29) is 29.9 Å². The quantitative estimate of drug-likeness (QED) is 0.370. The lowest BCUT2D eigenvalue weighted by molar-refractivity contribution is -0.140. The Hall–Kier alpha value is -2.69. The number of nitrogens with zero attached hydrogens (tertiary/aromatic N) is 2. The van der Waals surface area contributed by atoms with Crippen molar-refractivity contribution in [3.8, 4) is 11.5 Å². The van der Waals surface area contributed by atoms with Crippen LogP contribution in [0, 0.1) is 0 Å². The first-order valence-corrected chi connectivity index (χ1v) is 14.7. The predicted octanol–water partition coefficient (Wildman–Crippen LogP) is 4.50. The molecule has 2 aromatic carbocycles. The van der Waals surface area contributed by atoms with Gasteiger partial charge in [0.15, 0.2) is 0 Å². The topological polar surface area (TPSA) is 105 Å². The van der Waals surface area contributed by atoms with Gasteiger partial charge in [-0.15, -0.1) is 0 Å². The van der Waals surface area contributed by atoms with Gasteiger partial charge in [0.25, 0.3) is 0 Å². The van der Waals surface area contributed by atoms with E-state index in [0.29, 0.717) is 34.2 Å². The monoisotopic (exact) mass is 587 g/mol. The van der Waals surface area contributed by atoms with Gasteiger partial charge >= 0.3 is 0 Å². The molecule has 2 atom stereocenters. The molecule has 2 amide bonds. The van der Waals surface area contributed by atoms with Crippen LogP contribution in [0.15, 0.2) is 36.4 Å². The smallest absolute Gasteiger partial charge is 0.244 e. The van der Waals surface area contributed by atoms with Crippen LogP contribution in [-0.4, -0.2) is 64.2 Å². The highest BCUT2D eigenvalue weighted by atomic mass is 35.5. The van der Waals surface area contributed by atoms with Crippen molar-refractivity contribution in [3.63, 3.8) is 0 Å². The molecule has 0 bridgehead atoms. The van der Waals surface area contributed by atoms with Crippen molar-refractivity contribution < 1.29 is 27.5 Å². The maximum Gasteiger partial charge on any atom is 0.244 e. The van der Waals surface area contributed by atoms with Crippen molar-refractivity contribution in [2.24, 2.45) is 0 Å². The van der Waals surface area contributed by atoms with Crippen molar-refractivity contribution >= 4 is 50.7 Å². The fourth-order valence-electron chi connectivity index (χ4n) is 3.78. The van der Waals surface area contributed by atoms with E-state index in [1.807, 2.05) is 13.8 Å². The summed E-state index contributed by atoms with van der Waals surface area (Å²) in [4.78, 5) is 28.4. The molecule has 0 aromatic heterocycles. The minimum Gasteiger partial charge on any atom is -0.497 e. The van der Waals surface area contributed by atoms with Crippen LogP contribution < -0.4 is 19.1 Å². The summed E-state index contributed by atoms with van der Waals surface area (Å²) in [6.07, 6.45) is 1.99. The van der Waals surface area contributed by atoms with E-state index in [1.165, 1.54) is 25.2 Å². The second-order valence-corrected chi connectivity index (χ2v) is 11.6. The number of sulfonamides is 1. The van der Waals surface area contributed by atoms with E-state index in [2.05, 4.69) is 5.32 Å². The van der Waals surface area contributed by atoms with Crippen LogP contribution in [-0.2, 0) is 26.2 Å². The van der Waals surface area contributed by atoms with Gasteiger partial charge in [0.2, 0.25) is 21.8 Å². The van der Waals surface area contributed by atoms with Crippen molar-refractivity contribution in [3.05, 3.63) is 52.0 Å². The number of carbonyl (C=O) groups excluding carboxylic acids is 2. The highest BCUT2D eigenvalue weighted by Gasteiger charge is 2.33. The fraction of sp³-hybridized carbons (Fsp3) is 0.462. The third kappa shape index (κ3) is 8.15. The Bertz CT molecular complexity index is 1240. The van der Waals surface area contributed by atoms with Crippen LogP contribution in [0.1, 0.15) is 39.2 Å². The number of amides is 2. The molecule has 0 heterocycles. The molecule has 0 saturated carbocycles. The summed E-state index contributed by atoms with van der Waals surface area (Å²) in [6, 6.07) is 8.51. The molecule has 0 saturated heterocycles. The first-order valence-electron chi connectivity index (χ1n) is 12.1. The molecule has 0 aliphatic rings. The summed E-state index contributed by atoms with van der Waals surface area (Å²) in [5.41, 5.74) is 0.688. The van der Waals surface area contributed by atoms with Crippen LogP contribution in [0.5, 0.6) is 11.5 Å². The Balaban J connectivity index is 2.56. The van der Waals surface area contributed by atoms with E-state index >= 15 is 0 Å². The molecule has 0 fully saturated rings. The number of carbonyl (C=O) groups is 2. The standard InChI is InChI=1S/C26H35Cl2N3O6S/c1-7-17(3)29-26(33)22(8-2)30(15-18-9-10-19(27)13-21(18)28)25(32)16-31(38(6,34)35)23-14-20(36-4)11-12-24(23)37-5/h9-14,17,22H,7-8,15-16H2,1-6H3,(H,29,33). The van der Waals surface area contributed by atoms with Gasteiger partial charge in [-0.2, -0.15) is 0 Å². The van der Waals surface area contributed by atoms with E-state index in [1.54, 1.807) is 37.3 Å². The molecule has 12 heteroatoms. The number of halogens is 2. The molecule has 0 spiro atoms. The van der Waals surface area contributed by atoms with Crippen LogP contribution in [0.25, 0.3) is 0 Å². The second kappa shape index (κ2) is 13.9. The third-order valence-corrected chi connectivity index (χ3v) is 7.79. The van der Waals surface area contributed by atoms with Crippen molar-refractivity contribution in [2.45, 2.75) is 52.2 Å². The minimum absolute atomic E-state index is 0.0336. The number of benzene rings is 2. The molecule has 9 nitrogen and oxygen atoms in total. The normalized spacial score (nSPS) is 12.8. The maximum absolute atomic E-state index is 13.9. The second-order valence-electron chi connectivity index (χ2n) is 8.81. The summed E-state index contributed by atoms with van der Waals surface area (Å²) in [6.45, 7) is 4.97. The highest BCUT2D eigenvalue weighted by molar-refractivity contribution is 7.92. The van der Waals surface area contributed by atoms with Gasteiger partial charge in [-0.25, -0.2) is 8.42 Å². The molecule has 2 unspecified atom stereocenters. The Labute approximate surface area is 235 Å². The Morgan fingerprint density at radius 2 is 1.71 bits per heavy atom. The van der Waals surface area contributed by atoms with Gasteiger partial charge in [-0.1, -0.05) is 43.1 Å². The summed E-state index contributed by atoms with van der Waals surface area (Å²) < 4.78 is 37.4. The van der Waals surface area contributed by atoms with Gasteiger partial charge in [0, 0.05) is 28.7 Å². The summed E-state index contributed by atoms with van der Waals surface area (Å²) in [5, 5.41) is 3.66. The van der Waals surface area contributed by atoms with Crippen molar-refractivity contribution in [2.75, 3.05) is 31.3 Å². The molecule has 0 radical (unpaired) electrons. The molecular formula is C26H35Cl2N3O6S. The molecule has 210 valence electrons. The van der Waals surface area contributed by atoms with E-state index < -0.39 is 28.5 Å². The highest BCUT2D eigenvalue weighted by Crippen LogP contribution is 2.34. The van der Waals surface area contributed by atoms with Gasteiger partial charge < -0.3 is 19.7 Å². The van der Waals surface area contributed by atoms with Crippen LogP contribution in [0.3, 0.4) is 0 Å². The lowest BCUT2D eigenvalue weighted by Crippen LogP contribution is -2.53. The lowest BCUT2D eigenvalue weighted by atomic mass is 10.1. The largest absolute Gasteiger partial charge is 0.497 e. The summed E-state index contributed by atoms with van der Waals surface area (Å²) >= 11 is 12.4. The Morgan fingerprint density at radius 1 is 1.03 bits per heavy atom. The lowest BCUT2D eigenvalue weighted by Gasteiger charge is -2.33. The molecule has 1 N–H and O–H groups in total. The number of hydrogen-bond acceptors (Lipinski definition) is 6. The van der Waals surface area contributed by atoms with Crippen molar-refractivity contribution in [1.82, 2.24) is 10.2 Å². The number of anilines is 1. The maximum atomic E-state index is 13.9. The van der Waals surface area contributed by atoms with Gasteiger partial charge in [-0.05, 0) is 49.6 Å².